The fourth-order valence-electron chi connectivity index (χ4n) is 13.3. The number of halogens is 10. The Kier molecular flexibility index (Phi) is 26.8. The van der Waals surface area contributed by atoms with Gasteiger partial charge in [-0.3, -0.25) is 44.1 Å². The van der Waals surface area contributed by atoms with Crippen LogP contribution in [0.25, 0.3) is 11.3 Å². The Bertz CT molecular complexity index is 4200. The molecule has 5 aromatic rings. The first-order valence-electron chi connectivity index (χ1n) is 33.7. The lowest BCUT2D eigenvalue weighted by Crippen LogP contribution is -2.62. The Balaban J connectivity index is 1.27. The molecule has 3 saturated heterocycles. The Labute approximate surface area is 613 Å². The van der Waals surface area contributed by atoms with Crippen molar-refractivity contribution in [2.45, 2.75) is 155 Å². The molecule has 3 fully saturated rings. The molecule has 3 aliphatic heterocycles. The van der Waals surface area contributed by atoms with E-state index in [1.165, 1.54) is 51.1 Å². The van der Waals surface area contributed by atoms with Crippen LogP contribution < -0.4 is 31.2 Å². The Morgan fingerprint density at radius 3 is 1.97 bits per heavy atom. The maximum absolute atomic E-state index is 16.9. The van der Waals surface area contributed by atoms with Crippen molar-refractivity contribution in [3.63, 3.8) is 0 Å². The second kappa shape index (κ2) is 34.4. The number of methoxy groups -OCH3 is 2. The zero-order valence-corrected chi connectivity index (χ0v) is 61.0. The number of ether oxygens (including phenoxy) is 4. The number of hydrazine groups is 1. The predicted molar refractivity (Wildman–Crippen MR) is 365 cm³/mol. The van der Waals surface area contributed by atoms with Crippen LogP contribution in [0.1, 0.15) is 119 Å². The molecule has 6 atom stereocenters. The zero-order valence-electron chi connectivity index (χ0n) is 60.1. The smallest absolute Gasteiger partial charge is 0.469 e. The van der Waals surface area contributed by atoms with Gasteiger partial charge in [0.2, 0.25) is 17.8 Å². The van der Waals surface area contributed by atoms with E-state index in [-0.39, 0.29) is 26.9 Å². The second-order valence-corrected chi connectivity index (χ2v) is 29.5. The SMILES string of the molecule is COC(=O)C[C@H](C(=O)NN(Cc1c(F)cc(-c2ccn(C(F)F)n2)cc1F)C[C@H](OC(=O)CC(C)(C)c1c(CC(=O)NC/C(N)=N/O)cc(C)cc1OP(=O)(O)O)[C@@H](CC(=O)[C@@H](NC(=O)OC)C(C)(C)C(F)(F)F)Cc1ccc(C#Cc2cnc(N3CC4CCC(C3)N4C3COC3)nc2)cc1)C(C)(C)C(F)(F)F. The van der Waals surface area contributed by atoms with E-state index in [1.54, 1.807) is 12.4 Å². The first kappa shape index (κ1) is 84.2. The second-order valence-electron chi connectivity index (χ2n) is 28.4. The van der Waals surface area contributed by atoms with Crippen molar-refractivity contribution in [3.8, 4) is 28.8 Å². The van der Waals surface area contributed by atoms with Crippen LogP contribution in [-0.2, 0) is 72.3 Å². The molecule has 108 heavy (non-hydrogen) atoms. The average Bonchev–Trinajstić information content (AvgIpc) is 1.34. The van der Waals surface area contributed by atoms with Crippen molar-refractivity contribution in [3.05, 3.63) is 124 Å². The third kappa shape index (κ3) is 21.1. The molecule has 5 heterocycles. The van der Waals surface area contributed by atoms with E-state index in [1.807, 2.05) is 5.32 Å². The van der Waals surface area contributed by atoms with Gasteiger partial charge in [-0.25, -0.2) is 37.8 Å². The number of benzene rings is 3. The number of hydrogen-bond donors (Lipinski definition) is 7. The summed E-state index contributed by atoms with van der Waals surface area (Å²) >= 11 is 0. The van der Waals surface area contributed by atoms with Gasteiger partial charge in [0.15, 0.2) is 11.6 Å². The van der Waals surface area contributed by atoms with Gasteiger partial charge in [0, 0.05) is 90.3 Å². The zero-order chi connectivity index (χ0) is 79.8. The van der Waals surface area contributed by atoms with Crippen LogP contribution in [0.3, 0.4) is 0 Å². The van der Waals surface area contributed by atoms with Gasteiger partial charge in [0.05, 0.1) is 93.8 Å². The van der Waals surface area contributed by atoms with E-state index in [4.69, 9.17) is 24.9 Å². The van der Waals surface area contributed by atoms with Gasteiger partial charge in [-0.1, -0.05) is 62.9 Å². The number of nitrogens with zero attached hydrogens (tertiary/aromatic N) is 8. The molecule has 3 aromatic carbocycles. The summed E-state index contributed by atoms with van der Waals surface area (Å²) in [5.74, 6) is -8.75. The Hall–Kier alpha value is -9.47. The number of alkyl halides is 8. The number of aryl methyl sites for hydroxylation is 1. The van der Waals surface area contributed by atoms with Gasteiger partial charge in [0.1, 0.15) is 29.5 Å². The summed E-state index contributed by atoms with van der Waals surface area (Å²) in [5.41, 5.74) is -1.60. The van der Waals surface area contributed by atoms with Gasteiger partial charge in [-0.2, -0.15) is 40.2 Å². The molecule has 8 rings (SSSR count). The topological polar surface area (TPSA) is 354 Å². The van der Waals surface area contributed by atoms with Crippen molar-refractivity contribution in [1.29, 1.82) is 0 Å². The van der Waals surface area contributed by atoms with E-state index in [0.29, 0.717) is 106 Å². The molecule has 27 nitrogen and oxygen atoms in total. The number of phosphoric ester groups is 1. The predicted octanol–water partition coefficient (Wildman–Crippen LogP) is 8.66. The molecule has 0 saturated carbocycles. The summed E-state index contributed by atoms with van der Waals surface area (Å²) in [6.45, 7) is 2.76. The van der Waals surface area contributed by atoms with Crippen LogP contribution in [0, 0.1) is 53.1 Å². The molecule has 38 heteroatoms. The summed E-state index contributed by atoms with van der Waals surface area (Å²) in [6, 6.07) is 8.97. The van der Waals surface area contributed by atoms with Crippen LogP contribution in [-0.4, -0.2) is 182 Å². The average molecular weight is 1550 g/mol. The number of nitrogens with one attached hydrogen (secondary N) is 3. The van der Waals surface area contributed by atoms with Crippen molar-refractivity contribution < 1.29 is 116 Å². The number of phosphoric acid groups is 1. The maximum Gasteiger partial charge on any atom is 0.524 e. The van der Waals surface area contributed by atoms with Gasteiger partial charge in [-0.15, -0.1) is 0 Å². The highest BCUT2D eigenvalue weighted by Gasteiger charge is 2.57. The number of nitrogens with two attached hydrogens (primary N) is 1. The number of ketones is 1. The summed E-state index contributed by atoms with van der Waals surface area (Å²) in [7, 11) is -3.97. The number of alkyl carbamates (subject to hydrolysis) is 1. The van der Waals surface area contributed by atoms with Crippen LogP contribution in [0.2, 0.25) is 0 Å². The van der Waals surface area contributed by atoms with Crippen LogP contribution in [0.15, 0.2) is 78.3 Å². The molecule has 0 aliphatic carbocycles. The number of rotatable bonds is 31. The van der Waals surface area contributed by atoms with E-state index >= 15 is 44.7 Å². The number of fused-ring (bicyclic) bond motifs is 2. The monoisotopic (exact) mass is 1550 g/mol. The van der Waals surface area contributed by atoms with Crippen LogP contribution in [0.4, 0.5) is 54.6 Å². The third-order valence-corrected chi connectivity index (χ3v) is 19.8. The van der Waals surface area contributed by atoms with E-state index < -0.39 is 194 Å². The number of aromatic nitrogens is 4. The van der Waals surface area contributed by atoms with E-state index in [0.717, 1.165) is 45.4 Å². The fraction of sp³-hybridized carbons (Fsp3) is 0.514. The largest absolute Gasteiger partial charge is 0.524 e. The van der Waals surface area contributed by atoms with E-state index in [9.17, 15) is 42.3 Å². The minimum absolute atomic E-state index is 0.0646. The lowest BCUT2D eigenvalue weighted by molar-refractivity contribution is -0.231. The number of anilines is 1. The van der Waals surface area contributed by atoms with Crippen molar-refractivity contribution in [2.75, 3.05) is 58.5 Å². The fourth-order valence-corrected chi connectivity index (χ4v) is 13.7. The molecule has 0 spiro atoms. The van der Waals surface area contributed by atoms with Gasteiger partial charge < -0.3 is 49.9 Å². The quantitative estimate of drug-likeness (QED) is 0.00251. The number of amidine groups is 1. The number of amides is 3. The van der Waals surface area contributed by atoms with Gasteiger partial charge >= 0.3 is 44.8 Å². The third-order valence-electron chi connectivity index (χ3n) is 19.3. The number of esters is 2. The first-order valence-corrected chi connectivity index (χ1v) is 35.2. The highest BCUT2D eigenvalue weighted by Crippen LogP contribution is 2.48. The van der Waals surface area contributed by atoms with Crippen LogP contribution >= 0.6 is 7.82 Å². The molecule has 2 bridgehead atoms. The normalized spacial score (nSPS) is 17.2. The number of Topliss-reactive ketones (excluding diaryl/α,β-unsaturated/α-hetero) is 1. The lowest BCUT2D eigenvalue weighted by Gasteiger charge is -2.47. The Morgan fingerprint density at radius 1 is 0.824 bits per heavy atom. The van der Waals surface area contributed by atoms with Crippen molar-refractivity contribution in [2.24, 2.45) is 33.6 Å². The number of hydrogen-bond acceptors (Lipinski definition) is 20. The summed E-state index contributed by atoms with van der Waals surface area (Å²) in [5, 5.41) is 20.4. The maximum atomic E-state index is 16.9. The molecule has 588 valence electrons. The highest BCUT2D eigenvalue weighted by atomic mass is 31.2. The minimum Gasteiger partial charge on any atom is -0.469 e. The summed E-state index contributed by atoms with van der Waals surface area (Å²) < 4.78 is 191. The molecule has 8 N–H and O–H groups in total. The van der Waals surface area contributed by atoms with E-state index in [2.05, 4.69) is 62.1 Å². The number of carbonyl (C=O) groups is 6. The van der Waals surface area contributed by atoms with Crippen molar-refractivity contribution in [1.82, 2.24) is 45.7 Å². The minimum atomic E-state index is -5.55. The highest BCUT2D eigenvalue weighted by molar-refractivity contribution is 7.46. The Morgan fingerprint density at radius 2 is 1.44 bits per heavy atom. The summed E-state index contributed by atoms with van der Waals surface area (Å²) in [6.07, 6.45) is -13.2. The summed E-state index contributed by atoms with van der Waals surface area (Å²) in [4.78, 5) is 119. The van der Waals surface area contributed by atoms with Gasteiger partial charge in [0.25, 0.3) is 0 Å². The number of piperazine rings is 1. The molecular weight excluding hydrogens is 1470 g/mol. The molecule has 2 unspecified atom stereocenters. The van der Waals surface area contributed by atoms with Crippen LogP contribution in [0.5, 0.6) is 5.75 Å². The standard InChI is InChI=1S/C70H83F10N12O15P/c1-38-20-44(26-57(94)82-31-56(81)88-99)60(54(21-38)107-108(100,101)102)66(2,3)28-59(96)106-55(35-90(87-62(97)49(27-58(95)103-8)67(4,5)69(75,76)77)34-48-50(71)23-42(24-51(48)72)52-18-19-91(86-52)63(73)74)43(25-53(93)61(85-65(98)104-9)68(6,7)70(78,79)80)22-40-13-10-39(11-14-40)12-15-41-29-83-64(84-30-41)89-32-45-16-17-46(33-89)92(45)47-36-105-37-47/h10-11,13-14,18-21,23-24,29-30,43,45-47,49,55,61,63,99H,16-17,22,25-28,31-37H2,1-9H3,(H2,81,88)(H,82,94)(H,85,98)(H,87,97)(H2,100,101,102)/t43-,45?,46?,49-,55+,61-/m1/s1. The van der Waals surface area contributed by atoms with Gasteiger partial charge in [-0.05, 0) is 93.1 Å². The molecule has 0 radical (unpaired) electrons. The molecule has 3 aliphatic rings. The molecule has 2 aromatic heterocycles. The number of oxime groups is 1. The lowest BCUT2D eigenvalue weighted by atomic mass is 9.75. The number of carbonyl (C=O) groups excluding carboxylic acids is 6. The van der Waals surface area contributed by atoms with Crippen molar-refractivity contribution >= 4 is 55.2 Å². The molecular formula is C70H83F10N12O15P. The first-order chi connectivity index (χ1) is 50.4. The molecule has 3 amide bonds.